The van der Waals surface area contributed by atoms with Crippen LogP contribution in [0, 0.1) is 5.82 Å². The van der Waals surface area contributed by atoms with Crippen molar-refractivity contribution in [1.82, 2.24) is 9.97 Å². The van der Waals surface area contributed by atoms with E-state index in [0.717, 1.165) is 34.5 Å². The van der Waals surface area contributed by atoms with Crippen LogP contribution in [0.2, 0.25) is 0 Å². The van der Waals surface area contributed by atoms with E-state index in [-0.39, 0.29) is 11.9 Å². The lowest BCUT2D eigenvalue weighted by Crippen LogP contribution is -2.43. The number of fused-ring (bicyclic) bond motifs is 1. The second kappa shape index (κ2) is 8.29. The molecule has 0 aliphatic rings. The van der Waals surface area contributed by atoms with Crippen LogP contribution in [0.1, 0.15) is 13.8 Å². The van der Waals surface area contributed by atoms with Crippen LogP contribution < -0.4 is 15.1 Å². The third kappa shape index (κ3) is 4.24. The largest absolute Gasteiger partial charge is 0.380 e. The van der Waals surface area contributed by atoms with Gasteiger partial charge in [-0.05, 0) is 50.2 Å². The average molecular weight is 383 g/mol. The standard InChI is InChI=1S/C21H26FN5O/c1-14(2)24-19-6-5-9-23-21(19)27(4)17(13-28)12-26(3)20-11-15-10-16(22)7-8-18(15)25-20/h5-11,13-14,17,24-25H,12H2,1-4H3. The maximum absolute atomic E-state index is 13.4. The van der Waals surface area contributed by atoms with Crippen LogP contribution in [-0.2, 0) is 4.79 Å². The minimum atomic E-state index is -0.407. The van der Waals surface area contributed by atoms with Crippen LogP contribution in [0.25, 0.3) is 10.9 Å². The van der Waals surface area contributed by atoms with E-state index in [9.17, 15) is 9.18 Å². The van der Waals surface area contributed by atoms with Crippen LogP contribution in [0.3, 0.4) is 0 Å². The molecule has 0 amide bonds. The van der Waals surface area contributed by atoms with Gasteiger partial charge in [0.15, 0.2) is 5.82 Å². The molecule has 148 valence electrons. The predicted octanol–water partition coefficient (Wildman–Crippen LogP) is 3.66. The number of rotatable bonds is 8. The van der Waals surface area contributed by atoms with Crippen molar-refractivity contribution >= 4 is 34.5 Å². The van der Waals surface area contributed by atoms with Gasteiger partial charge < -0.3 is 24.9 Å². The first-order valence-electron chi connectivity index (χ1n) is 9.28. The van der Waals surface area contributed by atoms with Crippen molar-refractivity contribution in [3.05, 3.63) is 48.4 Å². The summed E-state index contributed by atoms with van der Waals surface area (Å²) in [6.45, 7) is 4.56. The molecule has 0 saturated heterocycles. The summed E-state index contributed by atoms with van der Waals surface area (Å²) in [5.41, 5.74) is 1.74. The number of nitrogens with zero attached hydrogens (tertiary/aromatic N) is 3. The highest BCUT2D eigenvalue weighted by molar-refractivity contribution is 5.84. The second-order valence-electron chi connectivity index (χ2n) is 7.25. The number of halogens is 1. The van der Waals surface area contributed by atoms with Crippen LogP contribution in [0.4, 0.5) is 21.7 Å². The summed E-state index contributed by atoms with van der Waals surface area (Å²) in [6, 6.07) is 10.2. The van der Waals surface area contributed by atoms with Gasteiger partial charge in [-0.25, -0.2) is 9.37 Å². The molecule has 7 heteroatoms. The van der Waals surface area contributed by atoms with Crippen LogP contribution in [-0.4, -0.2) is 49.0 Å². The van der Waals surface area contributed by atoms with Crippen LogP contribution in [0.5, 0.6) is 0 Å². The van der Waals surface area contributed by atoms with E-state index in [1.54, 1.807) is 12.3 Å². The van der Waals surface area contributed by atoms with E-state index in [4.69, 9.17) is 0 Å². The summed E-state index contributed by atoms with van der Waals surface area (Å²) in [4.78, 5) is 23.4. The van der Waals surface area contributed by atoms with Gasteiger partial charge in [-0.3, -0.25) is 0 Å². The summed E-state index contributed by atoms with van der Waals surface area (Å²) in [6.07, 6.45) is 2.64. The van der Waals surface area contributed by atoms with Crippen molar-refractivity contribution in [3.63, 3.8) is 0 Å². The maximum atomic E-state index is 13.4. The Morgan fingerprint density at radius 3 is 2.75 bits per heavy atom. The first-order valence-corrected chi connectivity index (χ1v) is 9.28. The molecule has 2 heterocycles. The molecule has 1 aromatic carbocycles. The molecule has 2 aromatic heterocycles. The number of likely N-dealkylation sites (N-methyl/N-ethyl adjacent to an activating group) is 2. The van der Waals surface area contributed by atoms with Crippen molar-refractivity contribution in [2.45, 2.75) is 25.9 Å². The van der Waals surface area contributed by atoms with E-state index in [1.165, 1.54) is 12.1 Å². The maximum Gasteiger partial charge on any atom is 0.152 e. The quantitative estimate of drug-likeness (QED) is 0.581. The van der Waals surface area contributed by atoms with Crippen molar-refractivity contribution in [1.29, 1.82) is 0 Å². The molecule has 0 bridgehead atoms. The van der Waals surface area contributed by atoms with Gasteiger partial charge in [0, 0.05) is 43.8 Å². The Balaban J connectivity index is 1.80. The molecular weight excluding hydrogens is 357 g/mol. The predicted molar refractivity (Wildman–Crippen MR) is 113 cm³/mol. The lowest BCUT2D eigenvalue weighted by molar-refractivity contribution is -0.108. The minimum absolute atomic E-state index is 0.250. The minimum Gasteiger partial charge on any atom is -0.380 e. The number of hydrogen-bond donors (Lipinski definition) is 2. The summed E-state index contributed by atoms with van der Waals surface area (Å²) >= 11 is 0. The van der Waals surface area contributed by atoms with Crippen LogP contribution >= 0.6 is 0 Å². The Bertz CT molecular complexity index is 955. The first-order chi connectivity index (χ1) is 13.4. The zero-order valence-corrected chi connectivity index (χ0v) is 16.6. The molecule has 0 aliphatic heterocycles. The summed E-state index contributed by atoms with van der Waals surface area (Å²) < 4.78 is 13.4. The van der Waals surface area contributed by atoms with Crippen molar-refractivity contribution in [2.24, 2.45) is 0 Å². The molecule has 0 radical (unpaired) electrons. The van der Waals surface area contributed by atoms with Crippen molar-refractivity contribution < 1.29 is 9.18 Å². The zero-order chi connectivity index (χ0) is 20.3. The van der Waals surface area contributed by atoms with Gasteiger partial charge >= 0.3 is 0 Å². The Morgan fingerprint density at radius 2 is 2.04 bits per heavy atom. The Kier molecular flexibility index (Phi) is 5.82. The molecule has 3 rings (SSSR count). The number of aromatic amines is 1. The topological polar surface area (TPSA) is 64.3 Å². The second-order valence-corrected chi connectivity index (χ2v) is 7.25. The number of benzene rings is 1. The lowest BCUT2D eigenvalue weighted by atomic mass is 10.2. The number of pyridine rings is 1. The van der Waals surface area contributed by atoms with Gasteiger partial charge in [0.25, 0.3) is 0 Å². The Hall–Kier alpha value is -3.09. The van der Waals surface area contributed by atoms with E-state index in [0.29, 0.717) is 6.54 Å². The number of aromatic nitrogens is 2. The third-order valence-electron chi connectivity index (χ3n) is 4.66. The summed E-state index contributed by atoms with van der Waals surface area (Å²) in [5, 5.41) is 4.16. The lowest BCUT2D eigenvalue weighted by Gasteiger charge is -2.30. The molecule has 28 heavy (non-hydrogen) atoms. The zero-order valence-electron chi connectivity index (χ0n) is 16.6. The molecule has 0 fully saturated rings. The molecule has 2 N–H and O–H groups in total. The fraction of sp³-hybridized carbons (Fsp3) is 0.333. The molecule has 3 aromatic rings. The van der Waals surface area contributed by atoms with Crippen molar-refractivity contribution in [2.75, 3.05) is 35.8 Å². The Morgan fingerprint density at radius 1 is 1.25 bits per heavy atom. The van der Waals surface area contributed by atoms with Gasteiger partial charge in [0.05, 0.1) is 5.69 Å². The number of carbonyl (C=O) groups excluding carboxylic acids is 1. The van der Waals surface area contributed by atoms with Gasteiger partial charge in [-0.1, -0.05) is 0 Å². The number of nitrogens with one attached hydrogen (secondary N) is 2. The van der Waals surface area contributed by atoms with E-state index in [1.807, 2.05) is 42.1 Å². The molecule has 0 spiro atoms. The number of aldehydes is 1. The highest BCUT2D eigenvalue weighted by Crippen LogP contribution is 2.25. The summed E-state index contributed by atoms with van der Waals surface area (Å²) in [7, 11) is 3.76. The van der Waals surface area contributed by atoms with E-state index in [2.05, 4.69) is 29.1 Å². The molecule has 1 atom stereocenters. The normalized spacial score (nSPS) is 12.2. The van der Waals surface area contributed by atoms with E-state index >= 15 is 0 Å². The number of carbonyl (C=O) groups is 1. The Labute approximate surface area is 164 Å². The fourth-order valence-electron chi connectivity index (χ4n) is 3.19. The van der Waals surface area contributed by atoms with Gasteiger partial charge in [-0.15, -0.1) is 0 Å². The van der Waals surface area contributed by atoms with E-state index < -0.39 is 6.04 Å². The first kappa shape index (κ1) is 19.7. The highest BCUT2D eigenvalue weighted by Gasteiger charge is 2.21. The molecule has 0 saturated carbocycles. The average Bonchev–Trinajstić information content (AvgIpc) is 3.08. The molecule has 1 unspecified atom stereocenters. The number of anilines is 3. The molecule has 6 nitrogen and oxygen atoms in total. The van der Waals surface area contributed by atoms with Crippen molar-refractivity contribution in [3.8, 4) is 0 Å². The smallest absolute Gasteiger partial charge is 0.152 e. The van der Waals surface area contributed by atoms with Gasteiger partial charge in [0.1, 0.15) is 24.0 Å². The SMILES string of the molecule is CC(C)Nc1cccnc1N(C)C(C=O)CN(C)c1cc2cc(F)ccc2[nH]1. The van der Waals surface area contributed by atoms with Gasteiger partial charge in [0.2, 0.25) is 0 Å². The number of H-pyrrole nitrogens is 1. The molecular formula is C21H26FN5O. The van der Waals surface area contributed by atoms with Gasteiger partial charge in [-0.2, -0.15) is 0 Å². The third-order valence-corrected chi connectivity index (χ3v) is 4.66. The highest BCUT2D eigenvalue weighted by atomic mass is 19.1. The fourth-order valence-corrected chi connectivity index (χ4v) is 3.19. The summed E-state index contributed by atoms with van der Waals surface area (Å²) in [5.74, 6) is 1.27. The number of hydrogen-bond acceptors (Lipinski definition) is 5. The van der Waals surface area contributed by atoms with Crippen LogP contribution in [0.15, 0.2) is 42.6 Å². The molecule has 0 aliphatic carbocycles. The monoisotopic (exact) mass is 383 g/mol.